The van der Waals surface area contributed by atoms with Gasteiger partial charge in [-0.15, -0.1) is 0 Å². The largest absolute Gasteiger partial charge is 0.417 e. The van der Waals surface area contributed by atoms with Gasteiger partial charge in [0.15, 0.2) is 0 Å². The highest BCUT2D eigenvalue weighted by atomic mass is 35.5. The number of rotatable bonds is 5. The quantitative estimate of drug-likeness (QED) is 0.476. The Hall–Kier alpha value is -3.51. The van der Waals surface area contributed by atoms with E-state index in [-0.39, 0.29) is 16.7 Å². The van der Waals surface area contributed by atoms with E-state index < -0.39 is 11.7 Å². The van der Waals surface area contributed by atoms with Crippen LogP contribution in [0.4, 0.5) is 19.0 Å². The molecule has 10 heteroatoms. The van der Waals surface area contributed by atoms with Crippen molar-refractivity contribution in [3.05, 3.63) is 65.0 Å². The number of piperazine rings is 1. The Morgan fingerprint density at radius 3 is 2.62 bits per heavy atom. The molecule has 0 radical (unpaired) electrons. The number of aromatic nitrogens is 2. The monoisotopic (exact) mass is 487 g/mol. The van der Waals surface area contributed by atoms with Crippen molar-refractivity contribution in [1.82, 2.24) is 14.5 Å². The van der Waals surface area contributed by atoms with Crippen molar-refractivity contribution in [3.8, 4) is 6.07 Å². The number of carbonyl (C=O) groups excluding carboxylic acids is 1. The van der Waals surface area contributed by atoms with Crippen LogP contribution < -0.4 is 4.90 Å². The number of nitriles is 1. The van der Waals surface area contributed by atoms with Gasteiger partial charge in [-0.25, -0.2) is 4.98 Å². The number of fused-ring (bicyclic) bond motifs is 1. The van der Waals surface area contributed by atoms with Gasteiger partial charge >= 0.3 is 6.18 Å². The van der Waals surface area contributed by atoms with Crippen LogP contribution >= 0.6 is 11.6 Å². The highest BCUT2D eigenvalue weighted by molar-refractivity contribution is 6.33. The first-order chi connectivity index (χ1) is 16.3. The number of aryl methyl sites for hydroxylation is 1. The molecule has 1 aliphatic heterocycles. The average molecular weight is 488 g/mol. The van der Waals surface area contributed by atoms with Gasteiger partial charge in [0.1, 0.15) is 5.82 Å². The molecule has 0 aliphatic carbocycles. The molecule has 2 aromatic heterocycles. The molecule has 0 spiro atoms. The Morgan fingerprint density at radius 1 is 1.21 bits per heavy atom. The van der Waals surface area contributed by atoms with Gasteiger partial charge in [0.05, 0.1) is 23.1 Å². The number of benzene rings is 1. The second-order valence-corrected chi connectivity index (χ2v) is 8.28. The Morgan fingerprint density at radius 2 is 1.94 bits per heavy atom. The molecule has 1 fully saturated rings. The first-order valence-corrected chi connectivity index (χ1v) is 11.0. The van der Waals surface area contributed by atoms with Gasteiger partial charge in [0.25, 0.3) is 0 Å². The summed E-state index contributed by atoms with van der Waals surface area (Å²) in [5, 5.41) is 9.82. The lowest BCUT2D eigenvalue weighted by molar-refractivity contribution is -0.137. The van der Waals surface area contributed by atoms with Crippen molar-refractivity contribution in [1.29, 1.82) is 5.26 Å². The lowest BCUT2D eigenvalue weighted by Gasteiger charge is -2.35. The molecule has 1 amide bonds. The van der Waals surface area contributed by atoms with E-state index in [1.807, 2.05) is 35.0 Å². The molecule has 0 saturated carbocycles. The lowest BCUT2D eigenvalue weighted by atomic mass is 10.1. The van der Waals surface area contributed by atoms with E-state index in [1.165, 1.54) is 6.08 Å². The molecule has 4 rings (SSSR count). The molecule has 0 bridgehead atoms. The third-order valence-corrected chi connectivity index (χ3v) is 6.01. The number of para-hydroxylation sites is 1. The molecular weight excluding hydrogens is 467 g/mol. The first kappa shape index (κ1) is 23.6. The molecule has 0 unspecified atom stereocenters. The van der Waals surface area contributed by atoms with Crippen molar-refractivity contribution in [2.45, 2.75) is 19.1 Å². The molecule has 1 saturated heterocycles. The minimum absolute atomic E-state index is 0.0673. The smallest absolute Gasteiger partial charge is 0.352 e. The second kappa shape index (κ2) is 9.77. The average Bonchev–Trinajstić information content (AvgIpc) is 3.18. The number of nitrogens with zero attached hydrogens (tertiary/aromatic N) is 5. The highest BCUT2D eigenvalue weighted by Gasteiger charge is 2.32. The minimum Gasteiger partial charge on any atom is -0.352 e. The Labute approximate surface area is 199 Å². The molecule has 1 aromatic carbocycles. The molecule has 0 atom stereocenters. The number of pyridine rings is 1. The van der Waals surface area contributed by atoms with Crippen LogP contribution in [0.1, 0.15) is 17.5 Å². The van der Waals surface area contributed by atoms with Gasteiger partial charge in [0, 0.05) is 67.7 Å². The van der Waals surface area contributed by atoms with E-state index in [2.05, 4.69) is 11.1 Å². The summed E-state index contributed by atoms with van der Waals surface area (Å²) < 4.78 is 40.5. The number of carbonyl (C=O) groups is 1. The number of hydrogen-bond acceptors (Lipinski definition) is 4. The third-order valence-electron chi connectivity index (χ3n) is 5.73. The van der Waals surface area contributed by atoms with E-state index in [0.717, 1.165) is 28.7 Å². The summed E-state index contributed by atoms with van der Waals surface area (Å²) in [5.41, 5.74) is 0.995. The Balaban J connectivity index is 1.41. The van der Waals surface area contributed by atoms with Crippen molar-refractivity contribution in [2.24, 2.45) is 0 Å². The SMILES string of the molecule is N#CCCn1cc(/C=C/C(=O)N2CCN(c3ncc(C(F)(F)F)cc3Cl)CC2)c2ccccc21. The van der Waals surface area contributed by atoms with Crippen LogP contribution in [0.25, 0.3) is 17.0 Å². The van der Waals surface area contributed by atoms with Gasteiger partial charge in [-0.2, -0.15) is 18.4 Å². The molecule has 34 heavy (non-hydrogen) atoms. The maximum absolute atomic E-state index is 12.8. The fourth-order valence-electron chi connectivity index (χ4n) is 3.99. The summed E-state index contributed by atoms with van der Waals surface area (Å²) in [6, 6.07) is 10.8. The van der Waals surface area contributed by atoms with E-state index in [0.29, 0.717) is 39.1 Å². The standard InChI is InChI=1S/C24H21ClF3N5O/c25-20-14-18(24(26,27)28)15-30-23(20)32-12-10-31(11-13-32)22(34)7-6-17-16-33(9-3-8-29)21-5-2-1-4-19(17)21/h1-2,4-7,14-16H,3,9-13H2/b7-6+. The van der Waals surface area contributed by atoms with Crippen molar-refractivity contribution in [3.63, 3.8) is 0 Å². The maximum atomic E-state index is 12.8. The highest BCUT2D eigenvalue weighted by Crippen LogP contribution is 2.33. The molecular formula is C24H21ClF3N5O. The lowest BCUT2D eigenvalue weighted by Crippen LogP contribution is -2.48. The topological polar surface area (TPSA) is 65.2 Å². The summed E-state index contributed by atoms with van der Waals surface area (Å²) in [6.45, 7) is 2.18. The second-order valence-electron chi connectivity index (χ2n) is 7.88. The van der Waals surface area contributed by atoms with E-state index >= 15 is 0 Å². The van der Waals surface area contributed by atoms with Gasteiger partial charge in [-0.3, -0.25) is 4.79 Å². The maximum Gasteiger partial charge on any atom is 0.417 e. The molecule has 3 heterocycles. The van der Waals surface area contributed by atoms with Crippen molar-refractivity contribution >= 4 is 40.3 Å². The molecule has 3 aromatic rings. The van der Waals surface area contributed by atoms with Crippen LogP contribution in [0.5, 0.6) is 0 Å². The van der Waals surface area contributed by atoms with Crippen LogP contribution in [-0.4, -0.2) is 46.5 Å². The van der Waals surface area contributed by atoms with Gasteiger partial charge in [-0.05, 0) is 18.2 Å². The number of alkyl halides is 3. The Bertz CT molecular complexity index is 1270. The fourth-order valence-corrected chi connectivity index (χ4v) is 4.27. The fraction of sp³-hybridized carbons (Fsp3) is 0.292. The third kappa shape index (κ3) is 5.02. The zero-order valence-electron chi connectivity index (χ0n) is 18.1. The Kier molecular flexibility index (Phi) is 6.80. The van der Waals surface area contributed by atoms with Crippen molar-refractivity contribution < 1.29 is 18.0 Å². The zero-order chi connectivity index (χ0) is 24.3. The van der Waals surface area contributed by atoms with Crippen molar-refractivity contribution in [2.75, 3.05) is 31.1 Å². The molecule has 176 valence electrons. The van der Waals surface area contributed by atoms with Crippen LogP contribution in [0, 0.1) is 11.3 Å². The number of anilines is 1. The minimum atomic E-state index is -4.51. The number of amides is 1. The van der Waals surface area contributed by atoms with Gasteiger partial charge in [-0.1, -0.05) is 29.8 Å². The van der Waals surface area contributed by atoms with Crippen LogP contribution in [0.2, 0.25) is 5.02 Å². The predicted molar refractivity (Wildman–Crippen MR) is 124 cm³/mol. The number of halogens is 4. The molecule has 1 aliphatic rings. The van der Waals surface area contributed by atoms with Crippen LogP contribution in [0.15, 0.2) is 48.8 Å². The molecule has 0 N–H and O–H groups in total. The van der Waals surface area contributed by atoms with Gasteiger partial charge < -0.3 is 14.4 Å². The number of hydrogen-bond donors (Lipinski definition) is 0. The molecule has 6 nitrogen and oxygen atoms in total. The van der Waals surface area contributed by atoms with E-state index in [9.17, 15) is 18.0 Å². The summed E-state index contributed by atoms with van der Waals surface area (Å²) in [6.07, 6.45) is 1.89. The van der Waals surface area contributed by atoms with Crippen LogP contribution in [0.3, 0.4) is 0 Å². The summed E-state index contributed by atoms with van der Waals surface area (Å²) in [5.74, 6) is 0.127. The summed E-state index contributed by atoms with van der Waals surface area (Å²) in [4.78, 5) is 20.1. The first-order valence-electron chi connectivity index (χ1n) is 10.7. The van der Waals surface area contributed by atoms with E-state index in [1.54, 1.807) is 15.9 Å². The zero-order valence-corrected chi connectivity index (χ0v) is 18.9. The van der Waals surface area contributed by atoms with E-state index in [4.69, 9.17) is 16.9 Å². The van der Waals surface area contributed by atoms with Crippen LogP contribution in [-0.2, 0) is 17.5 Å². The summed E-state index contributed by atoms with van der Waals surface area (Å²) >= 11 is 6.05. The normalized spacial score (nSPS) is 14.7. The summed E-state index contributed by atoms with van der Waals surface area (Å²) in [7, 11) is 0. The predicted octanol–water partition coefficient (Wildman–Crippen LogP) is 4.98. The van der Waals surface area contributed by atoms with Gasteiger partial charge in [0.2, 0.25) is 5.91 Å².